The fourth-order valence-corrected chi connectivity index (χ4v) is 0.750. The molecule has 0 aromatic heterocycles. The second kappa shape index (κ2) is 11.2. The molecule has 64 valence electrons. The van der Waals surface area contributed by atoms with E-state index in [-0.39, 0.29) is 47.6 Å². The van der Waals surface area contributed by atoms with E-state index in [1.807, 2.05) is 0 Å². The second-order valence-electron chi connectivity index (χ2n) is 1.34. The Bertz CT molecular complexity index is 144. The van der Waals surface area contributed by atoms with E-state index in [2.05, 4.69) is 0 Å². The van der Waals surface area contributed by atoms with E-state index < -0.39 is 10.1 Å². The SMILES string of the molecule is CCCS(=O)(=O)[O-].OSO.[Na+]. The van der Waals surface area contributed by atoms with Crippen molar-refractivity contribution in [1.29, 1.82) is 0 Å². The summed E-state index contributed by atoms with van der Waals surface area (Å²) in [5, 5.41) is 0. The first-order chi connectivity index (χ1) is 4.47. The molecule has 0 aliphatic heterocycles. The zero-order valence-corrected chi connectivity index (χ0v) is 9.98. The van der Waals surface area contributed by atoms with Crippen LogP contribution >= 0.6 is 12.3 Å². The topological polar surface area (TPSA) is 97.7 Å². The van der Waals surface area contributed by atoms with Crippen LogP contribution < -0.4 is 29.6 Å². The normalized spacial score (nSPS) is 9.09. The van der Waals surface area contributed by atoms with Gasteiger partial charge in [0.25, 0.3) is 0 Å². The summed E-state index contributed by atoms with van der Waals surface area (Å²) in [5.74, 6) is -0.243. The van der Waals surface area contributed by atoms with Crippen molar-refractivity contribution in [1.82, 2.24) is 0 Å². The molecule has 0 unspecified atom stereocenters. The Kier molecular flexibility index (Phi) is 18.4. The zero-order chi connectivity index (χ0) is 8.62. The van der Waals surface area contributed by atoms with Crippen molar-refractivity contribution in [2.45, 2.75) is 13.3 Å². The molecule has 0 spiro atoms. The van der Waals surface area contributed by atoms with Crippen LogP contribution in [0.1, 0.15) is 13.3 Å². The minimum Gasteiger partial charge on any atom is -0.748 e. The Morgan fingerprint density at radius 2 is 1.73 bits per heavy atom. The van der Waals surface area contributed by atoms with Crippen molar-refractivity contribution in [2.24, 2.45) is 0 Å². The average molecular weight is 212 g/mol. The maximum absolute atomic E-state index is 9.68. The second-order valence-corrected chi connectivity index (χ2v) is 3.03. The molecule has 0 aliphatic rings. The number of hydrogen-bond donors (Lipinski definition) is 2. The van der Waals surface area contributed by atoms with Crippen LogP contribution in [0.5, 0.6) is 0 Å². The van der Waals surface area contributed by atoms with E-state index in [0.29, 0.717) is 6.42 Å². The molecule has 0 bridgehead atoms. The van der Waals surface area contributed by atoms with Crippen LogP contribution in [0.3, 0.4) is 0 Å². The van der Waals surface area contributed by atoms with Gasteiger partial charge in [0.05, 0.1) is 10.1 Å². The van der Waals surface area contributed by atoms with E-state index in [4.69, 9.17) is 9.11 Å². The minimum atomic E-state index is -3.92. The summed E-state index contributed by atoms with van der Waals surface area (Å²) in [6.45, 7) is 1.65. The summed E-state index contributed by atoms with van der Waals surface area (Å²) in [7, 11) is -3.92. The van der Waals surface area contributed by atoms with Gasteiger partial charge in [-0.1, -0.05) is 6.92 Å². The first-order valence-electron chi connectivity index (χ1n) is 2.36. The van der Waals surface area contributed by atoms with E-state index >= 15 is 0 Å². The first kappa shape index (κ1) is 18.1. The number of rotatable bonds is 2. The third kappa shape index (κ3) is 35.1. The molecule has 2 N–H and O–H groups in total. The van der Waals surface area contributed by atoms with Crippen LogP contribution in [0.15, 0.2) is 0 Å². The van der Waals surface area contributed by atoms with Gasteiger partial charge in [0, 0.05) is 5.75 Å². The monoisotopic (exact) mass is 212 g/mol. The van der Waals surface area contributed by atoms with Crippen LogP contribution in [-0.2, 0) is 10.1 Å². The van der Waals surface area contributed by atoms with Gasteiger partial charge in [-0.2, -0.15) is 0 Å². The third-order valence-electron chi connectivity index (χ3n) is 0.454. The summed E-state index contributed by atoms with van der Waals surface area (Å²) in [5.41, 5.74) is 0. The summed E-state index contributed by atoms with van der Waals surface area (Å²) in [6.07, 6.45) is 0.409. The van der Waals surface area contributed by atoms with Gasteiger partial charge in [0.15, 0.2) is 12.3 Å². The van der Waals surface area contributed by atoms with E-state index in [9.17, 15) is 13.0 Å². The molecule has 8 heteroatoms. The molecule has 0 radical (unpaired) electrons. The van der Waals surface area contributed by atoms with Gasteiger partial charge in [0.1, 0.15) is 0 Å². The van der Waals surface area contributed by atoms with Gasteiger partial charge in [-0.05, 0) is 6.42 Å². The smallest absolute Gasteiger partial charge is 0.748 e. The average Bonchev–Trinajstić information content (AvgIpc) is 1.63. The molecular weight excluding hydrogens is 203 g/mol. The van der Waals surface area contributed by atoms with Gasteiger partial charge in [-0.15, -0.1) is 0 Å². The van der Waals surface area contributed by atoms with Crippen molar-refractivity contribution in [3.63, 3.8) is 0 Å². The Labute approximate surface area is 92.6 Å². The van der Waals surface area contributed by atoms with Crippen LogP contribution in [0.2, 0.25) is 0 Å². The van der Waals surface area contributed by atoms with Crippen LogP contribution in [-0.4, -0.2) is 27.8 Å². The molecule has 0 saturated carbocycles. The summed E-state index contributed by atoms with van der Waals surface area (Å²) in [6, 6.07) is 0. The molecule has 0 aliphatic carbocycles. The molecule has 5 nitrogen and oxygen atoms in total. The molecule has 11 heavy (non-hydrogen) atoms. The Morgan fingerprint density at radius 1 is 1.45 bits per heavy atom. The quantitative estimate of drug-likeness (QED) is 0.301. The summed E-state index contributed by atoms with van der Waals surface area (Å²) < 4.78 is 43.1. The van der Waals surface area contributed by atoms with E-state index in [0.717, 1.165) is 0 Å². The predicted molar refractivity (Wildman–Crippen MR) is 37.7 cm³/mol. The molecule has 0 amide bonds. The molecule has 0 heterocycles. The van der Waals surface area contributed by atoms with Gasteiger partial charge in [-0.3, -0.25) is 0 Å². The Balaban J connectivity index is -0.000000140. The molecule has 0 saturated heterocycles. The molecule has 0 fully saturated rings. The summed E-state index contributed by atoms with van der Waals surface area (Å²) >= 11 is -0.250. The molecular formula is C3H9NaO5S2. The van der Waals surface area contributed by atoms with Crippen molar-refractivity contribution >= 4 is 22.4 Å². The van der Waals surface area contributed by atoms with Crippen molar-refractivity contribution in [3.8, 4) is 0 Å². The van der Waals surface area contributed by atoms with Gasteiger partial charge in [0.2, 0.25) is 0 Å². The predicted octanol–water partition coefficient (Wildman–Crippen LogP) is -2.39. The maximum atomic E-state index is 9.68. The largest absolute Gasteiger partial charge is 1.00 e. The number of hydrogen-bond acceptors (Lipinski definition) is 6. The van der Waals surface area contributed by atoms with Gasteiger partial charge >= 0.3 is 29.6 Å². The van der Waals surface area contributed by atoms with E-state index in [1.165, 1.54) is 0 Å². The van der Waals surface area contributed by atoms with Gasteiger partial charge in [-0.25, -0.2) is 8.42 Å². The van der Waals surface area contributed by atoms with Crippen LogP contribution in [0.25, 0.3) is 0 Å². The first-order valence-corrected chi connectivity index (χ1v) is 4.67. The van der Waals surface area contributed by atoms with Crippen molar-refractivity contribution in [2.75, 3.05) is 5.75 Å². The van der Waals surface area contributed by atoms with Crippen molar-refractivity contribution in [3.05, 3.63) is 0 Å². The molecule has 0 aromatic rings. The Morgan fingerprint density at radius 3 is 1.73 bits per heavy atom. The van der Waals surface area contributed by atoms with Crippen LogP contribution in [0, 0.1) is 0 Å². The van der Waals surface area contributed by atoms with Crippen LogP contribution in [0.4, 0.5) is 0 Å². The standard InChI is InChI=1S/C3H8O3S.Na.H2O2S/c1-2-3-7(4,5)6;;1-3-2/h2-3H2,1H3,(H,4,5,6);;1-2H/q;+1;/p-1. The molecule has 0 atom stereocenters. The van der Waals surface area contributed by atoms with Crippen molar-refractivity contribution < 1.29 is 51.6 Å². The molecule has 0 rings (SSSR count). The summed E-state index contributed by atoms with van der Waals surface area (Å²) in [4.78, 5) is 0. The molecule has 0 aromatic carbocycles. The fourth-order valence-electron chi connectivity index (χ4n) is 0.250. The third-order valence-corrected chi connectivity index (χ3v) is 1.36. The zero-order valence-electron chi connectivity index (χ0n) is 6.35. The van der Waals surface area contributed by atoms with Gasteiger partial charge < -0.3 is 13.7 Å². The minimum absolute atomic E-state index is 0. The fraction of sp³-hybridized carbons (Fsp3) is 1.00. The maximum Gasteiger partial charge on any atom is 1.00 e. The van der Waals surface area contributed by atoms with E-state index in [1.54, 1.807) is 6.92 Å². The Hall–Kier alpha value is 1.18.